The molecule has 0 unspecified atom stereocenters. The molecule has 1 fully saturated rings. The molecule has 0 aliphatic carbocycles. The second-order valence-corrected chi connectivity index (χ2v) is 10.4. The SMILES string of the molecule is O=[N+]([O-])c1ccc(N2CCN(S(=O)(=O)c3ccc(Cl)c(Cl)c3)CC2)cc1NCc1cccnc1. The number of rotatable bonds is 7. The van der Waals surface area contributed by atoms with Gasteiger partial charge in [-0.3, -0.25) is 15.1 Å². The Labute approximate surface area is 207 Å². The van der Waals surface area contributed by atoms with Gasteiger partial charge in [0, 0.05) is 56.9 Å². The van der Waals surface area contributed by atoms with Gasteiger partial charge in [-0.1, -0.05) is 29.3 Å². The Morgan fingerprint density at radius 3 is 2.44 bits per heavy atom. The van der Waals surface area contributed by atoms with E-state index < -0.39 is 14.9 Å². The van der Waals surface area contributed by atoms with Crippen LogP contribution in [0.15, 0.2) is 65.8 Å². The molecule has 4 rings (SSSR count). The molecule has 1 saturated heterocycles. The molecule has 1 aromatic heterocycles. The van der Waals surface area contributed by atoms with Crippen molar-refractivity contribution in [3.63, 3.8) is 0 Å². The smallest absolute Gasteiger partial charge is 0.292 e. The highest BCUT2D eigenvalue weighted by molar-refractivity contribution is 7.89. The van der Waals surface area contributed by atoms with Gasteiger partial charge in [-0.05, 0) is 42.0 Å². The molecule has 0 amide bonds. The first-order chi connectivity index (χ1) is 16.3. The van der Waals surface area contributed by atoms with Crippen LogP contribution in [0.3, 0.4) is 0 Å². The van der Waals surface area contributed by atoms with Crippen LogP contribution in [0.4, 0.5) is 17.1 Å². The summed E-state index contributed by atoms with van der Waals surface area (Å²) in [4.78, 5) is 17.2. The summed E-state index contributed by atoms with van der Waals surface area (Å²) in [5.74, 6) is 0. The van der Waals surface area contributed by atoms with Crippen molar-refractivity contribution < 1.29 is 13.3 Å². The van der Waals surface area contributed by atoms with Gasteiger partial charge in [-0.25, -0.2) is 8.42 Å². The van der Waals surface area contributed by atoms with Crippen LogP contribution in [0.25, 0.3) is 0 Å². The molecule has 9 nitrogen and oxygen atoms in total. The zero-order valence-electron chi connectivity index (χ0n) is 17.9. The highest BCUT2D eigenvalue weighted by atomic mass is 35.5. The number of nitrogens with one attached hydrogen (secondary N) is 1. The summed E-state index contributed by atoms with van der Waals surface area (Å²) in [5, 5.41) is 15.1. The normalized spacial score (nSPS) is 14.7. The van der Waals surface area contributed by atoms with Crippen LogP contribution in [-0.2, 0) is 16.6 Å². The Balaban J connectivity index is 1.48. The molecule has 1 aliphatic rings. The van der Waals surface area contributed by atoms with Crippen LogP contribution in [-0.4, -0.2) is 48.8 Å². The van der Waals surface area contributed by atoms with Crippen molar-refractivity contribution >= 4 is 50.3 Å². The number of hydrogen-bond acceptors (Lipinski definition) is 7. The number of halogens is 2. The first-order valence-corrected chi connectivity index (χ1v) is 12.6. The first kappa shape index (κ1) is 24.2. The lowest BCUT2D eigenvalue weighted by Crippen LogP contribution is -2.48. The summed E-state index contributed by atoms with van der Waals surface area (Å²) in [5.41, 5.74) is 2.01. The van der Waals surface area contributed by atoms with Crippen LogP contribution < -0.4 is 10.2 Å². The largest absolute Gasteiger partial charge is 0.375 e. The van der Waals surface area contributed by atoms with E-state index in [1.54, 1.807) is 30.6 Å². The molecule has 34 heavy (non-hydrogen) atoms. The molecule has 2 heterocycles. The minimum atomic E-state index is -3.72. The van der Waals surface area contributed by atoms with Crippen LogP contribution in [0.1, 0.15) is 5.56 Å². The summed E-state index contributed by atoms with van der Waals surface area (Å²) in [7, 11) is -3.72. The monoisotopic (exact) mass is 521 g/mol. The minimum Gasteiger partial charge on any atom is -0.375 e. The minimum absolute atomic E-state index is 0.0338. The molecule has 1 aliphatic heterocycles. The van der Waals surface area contributed by atoms with Gasteiger partial charge in [0.2, 0.25) is 10.0 Å². The summed E-state index contributed by atoms with van der Waals surface area (Å²) < 4.78 is 27.4. The van der Waals surface area contributed by atoms with Crippen LogP contribution in [0, 0.1) is 10.1 Å². The van der Waals surface area contributed by atoms with E-state index in [0.29, 0.717) is 25.3 Å². The highest BCUT2D eigenvalue weighted by Crippen LogP contribution is 2.32. The molecule has 0 atom stereocenters. The van der Waals surface area contributed by atoms with Gasteiger partial charge in [0.05, 0.1) is 19.9 Å². The van der Waals surface area contributed by atoms with E-state index in [-0.39, 0.29) is 33.7 Å². The van der Waals surface area contributed by atoms with E-state index in [1.165, 1.54) is 28.6 Å². The summed E-state index contributed by atoms with van der Waals surface area (Å²) in [6.07, 6.45) is 3.35. The summed E-state index contributed by atoms with van der Waals surface area (Å²) >= 11 is 11.9. The van der Waals surface area contributed by atoms with Gasteiger partial charge in [-0.2, -0.15) is 4.31 Å². The quantitative estimate of drug-likeness (QED) is 0.362. The number of benzene rings is 2. The van der Waals surface area contributed by atoms with E-state index in [2.05, 4.69) is 10.3 Å². The third kappa shape index (κ3) is 5.25. The van der Waals surface area contributed by atoms with Gasteiger partial charge in [0.15, 0.2) is 0 Å². The first-order valence-electron chi connectivity index (χ1n) is 10.4. The van der Waals surface area contributed by atoms with Crippen molar-refractivity contribution in [2.24, 2.45) is 0 Å². The molecule has 12 heteroatoms. The third-order valence-electron chi connectivity index (χ3n) is 5.52. The van der Waals surface area contributed by atoms with Gasteiger partial charge in [0.25, 0.3) is 5.69 Å². The molecule has 0 spiro atoms. The Morgan fingerprint density at radius 2 is 1.79 bits per heavy atom. The number of nitrogens with zero attached hydrogens (tertiary/aromatic N) is 4. The highest BCUT2D eigenvalue weighted by Gasteiger charge is 2.29. The van der Waals surface area contributed by atoms with E-state index in [9.17, 15) is 18.5 Å². The van der Waals surface area contributed by atoms with Crippen molar-refractivity contribution in [3.05, 3.63) is 86.6 Å². The fourth-order valence-electron chi connectivity index (χ4n) is 3.69. The number of piperazine rings is 1. The van der Waals surface area contributed by atoms with E-state index in [0.717, 1.165) is 11.3 Å². The van der Waals surface area contributed by atoms with Crippen molar-refractivity contribution in [3.8, 4) is 0 Å². The lowest BCUT2D eigenvalue weighted by molar-refractivity contribution is -0.384. The number of anilines is 2. The molecule has 2 aromatic carbocycles. The van der Waals surface area contributed by atoms with Crippen molar-refractivity contribution in [1.29, 1.82) is 0 Å². The van der Waals surface area contributed by atoms with Crippen LogP contribution in [0.5, 0.6) is 0 Å². The molecule has 0 bridgehead atoms. The maximum atomic E-state index is 13.0. The molecule has 178 valence electrons. The van der Waals surface area contributed by atoms with E-state index in [4.69, 9.17) is 23.2 Å². The number of nitro groups is 1. The van der Waals surface area contributed by atoms with Crippen LogP contribution >= 0.6 is 23.2 Å². The lowest BCUT2D eigenvalue weighted by atomic mass is 10.2. The van der Waals surface area contributed by atoms with Crippen molar-refractivity contribution in [2.75, 3.05) is 36.4 Å². The fourth-order valence-corrected chi connectivity index (χ4v) is 5.51. The average Bonchev–Trinajstić information content (AvgIpc) is 2.84. The zero-order chi connectivity index (χ0) is 24.3. The van der Waals surface area contributed by atoms with Crippen molar-refractivity contribution in [1.82, 2.24) is 9.29 Å². The maximum Gasteiger partial charge on any atom is 0.292 e. The average molecular weight is 522 g/mol. The Hall–Kier alpha value is -2.92. The van der Waals surface area contributed by atoms with Gasteiger partial charge >= 0.3 is 0 Å². The maximum absolute atomic E-state index is 13.0. The molecule has 0 saturated carbocycles. The molecule has 1 N–H and O–H groups in total. The third-order valence-corrected chi connectivity index (χ3v) is 8.15. The number of sulfonamides is 1. The number of pyridine rings is 1. The molecule has 0 radical (unpaired) electrons. The van der Waals surface area contributed by atoms with Crippen LogP contribution in [0.2, 0.25) is 10.0 Å². The summed E-state index contributed by atoms with van der Waals surface area (Å²) in [6, 6.07) is 12.8. The Bertz CT molecular complexity index is 1300. The van der Waals surface area contributed by atoms with Gasteiger partial charge in [-0.15, -0.1) is 0 Å². The predicted octanol–water partition coefficient (Wildman–Crippen LogP) is 4.42. The van der Waals surface area contributed by atoms with Crippen molar-refractivity contribution in [2.45, 2.75) is 11.4 Å². The fraction of sp³-hybridized carbons (Fsp3) is 0.227. The second-order valence-electron chi connectivity index (χ2n) is 7.64. The van der Waals surface area contributed by atoms with Gasteiger partial charge in [0.1, 0.15) is 5.69 Å². The topological polar surface area (TPSA) is 109 Å². The zero-order valence-corrected chi connectivity index (χ0v) is 20.2. The molecular weight excluding hydrogens is 501 g/mol. The molecule has 3 aromatic rings. The van der Waals surface area contributed by atoms with Gasteiger partial charge < -0.3 is 10.2 Å². The Kier molecular flexibility index (Phi) is 7.22. The number of hydrogen-bond donors (Lipinski definition) is 1. The van der Waals surface area contributed by atoms with E-state index >= 15 is 0 Å². The standard InChI is InChI=1S/C22H21Cl2N5O4S/c23-19-5-4-18(13-20(19)24)34(32,33)28-10-8-27(9-11-28)17-3-6-22(29(30)31)21(12-17)26-15-16-2-1-7-25-14-16/h1-7,12-14,26H,8-11,15H2. The van der Waals surface area contributed by atoms with E-state index in [1.807, 2.05) is 11.0 Å². The predicted molar refractivity (Wildman–Crippen MR) is 132 cm³/mol. The lowest BCUT2D eigenvalue weighted by Gasteiger charge is -2.35. The summed E-state index contributed by atoms with van der Waals surface area (Å²) in [6.45, 7) is 1.77. The Morgan fingerprint density at radius 1 is 1.03 bits per heavy atom. The second kappa shape index (κ2) is 10.1. The number of nitro benzene ring substituents is 1. The number of aromatic nitrogens is 1. The molecular formula is C22H21Cl2N5O4S.